The molecule has 0 bridgehead atoms. The molecule has 0 heterocycles. The highest BCUT2D eigenvalue weighted by atomic mass is 19.2. The Morgan fingerprint density at radius 3 is 1.94 bits per heavy atom. The van der Waals surface area contributed by atoms with Crippen molar-refractivity contribution in [3.05, 3.63) is 35.1 Å². The molecule has 0 aliphatic heterocycles. The van der Waals surface area contributed by atoms with Crippen LogP contribution in [0.15, 0.2) is 12.1 Å². The van der Waals surface area contributed by atoms with Crippen LogP contribution in [0, 0.1) is 29.3 Å². The first-order valence-corrected chi connectivity index (χ1v) is 6.52. The largest absolute Gasteiger partial charge is 0.309 e. The van der Waals surface area contributed by atoms with Crippen molar-refractivity contribution in [2.45, 2.75) is 38.3 Å². The summed E-state index contributed by atoms with van der Waals surface area (Å²) >= 11 is 0. The predicted molar refractivity (Wildman–Crippen MR) is 62.4 cm³/mol. The van der Waals surface area contributed by atoms with Crippen molar-refractivity contribution >= 4 is 0 Å². The number of halogens is 3. The first-order chi connectivity index (χ1) is 8.65. The summed E-state index contributed by atoms with van der Waals surface area (Å²) in [5, 5.41) is 3.38. The third kappa shape index (κ3) is 2.53. The fourth-order valence-corrected chi connectivity index (χ4v) is 2.57. The average Bonchev–Trinajstić information content (AvgIpc) is 3.18. The molecular weight excluding hydrogens is 239 g/mol. The summed E-state index contributed by atoms with van der Waals surface area (Å²) in [6.07, 6.45) is 5.00. The molecule has 3 rings (SSSR count). The van der Waals surface area contributed by atoms with Crippen LogP contribution >= 0.6 is 0 Å². The normalized spacial score (nSPS) is 19.6. The van der Waals surface area contributed by atoms with Gasteiger partial charge in [0, 0.05) is 12.6 Å². The van der Waals surface area contributed by atoms with Gasteiger partial charge in [-0.2, -0.15) is 0 Å². The highest BCUT2D eigenvalue weighted by Gasteiger charge is 2.40. The van der Waals surface area contributed by atoms with Crippen molar-refractivity contribution in [3.63, 3.8) is 0 Å². The van der Waals surface area contributed by atoms with E-state index in [1.54, 1.807) is 0 Å². The van der Waals surface area contributed by atoms with Gasteiger partial charge >= 0.3 is 0 Å². The van der Waals surface area contributed by atoms with Crippen LogP contribution in [0.3, 0.4) is 0 Å². The fraction of sp³-hybridized carbons (Fsp3) is 0.571. The Balaban J connectivity index is 1.65. The molecule has 1 aromatic carbocycles. The Morgan fingerprint density at radius 2 is 1.50 bits per heavy atom. The van der Waals surface area contributed by atoms with Gasteiger partial charge in [0.25, 0.3) is 0 Å². The van der Waals surface area contributed by atoms with Crippen molar-refractivity contribution in [1.29, 1.82) is 0 Å². The topological polar surface area (TPSA) is 12.0 Å². The van der Waals surface area contributed by atoms with Gasteiger partial charge in [0.15, 0.2) is 17.5 Å². The van der Waals surface area contributed by atoms with E-state index in [4.69, 9.17) is 0 Å². The number of hydrogen-bond acceptors (Lipinski definition) is 1. The molecule has 2 fully saturated rings. The van der Waals surface area contributed by atoms with Crippen molar-refractivity contribution < 1.29 is 13.2 Å². The van der Waals surface area contributed by atoms with Gasteiger partial charge in [0.2, 0.25) is 0 Å². The maximum absolute atomic E-state index is 13.1. The van der Waals surface area contributed by atoms with Crippen LogP contribution in [0.4, 0.5) is 13.2 Å². The second-order valence-electron chi connectivity index (χ2n) is 5.45. The van der Waals surface area contributed by atoms with Crippen LogP contribution in [0.1, 0.15) is 31.2 Å². The Kier molecular flexibility index (Phi) is 3.06. The van der Waals surface area contributed by atoms with Crippen LogP contribution in [-0.2, 0) is 6.54 Å². The van der Waals surface area contributed by atoms with Crippen molar-refractivity contribution in [1.82, 2.24) is 5.32 Å². The van der Waals surface area contributed by atoms with Gasteiger partial charge in [-0.3, -0.25) is 0 Å². The smallest absolute Gasteiger partial charge is 0.194 e. The molecule has 0 saturated heterocycles. The van der Waals surface area contributed by atoms with Gasteiger partial charge in [-0.05, 0) is 55.2 Å². The summed E-state index contributed by atoms with van der Waals surface area (Å²) in [7, 11) is 0. The molecule has 2 aliphatic carbocycles. The van der Waals surface area contributed by atoms with E-state index in [0.717, 1.165) is 24.0 Å². The first-order valence-electron chi connectivity index (χ1n) is 6.52. The highest BCUT2D eigenvalue weighted by Crippen LogP contribution is 2.44. The third-order valence-electron chi connectivity index (χ3n) is 3.85. The fourth-order valence-electron chi connectivity index (χ4n) is 2.57. The Labute approximate surface area is 104 Å². The van der Waals surface area contributed by atoms with E-state index in [1.165, 1.54) is 25.7 Å². The minimum atomic E-state index is -1.39. The van der Waals surface area contributed by atoms with E-state index in [2.05, 4.69) is 5.32 Å². The Bertz CT molecular complexity index is 417. The predicted octanol–water partition coefficient (Wildman–Crippen LogP) is 3.38. The van der Waals surface area contributed by atoms with Gasteiger partial charge in [-0.25, -0.2) is 13.2 Å². The van der Waals surface area contributed by atoms with Crippen molar-refractivity contribution in [2.24, 2.45) is 11.8 Å². The lowest BCUT2D eigenvalue weighted by Gasteiger charge is -2.17. The molecule has 4 heteroatoms. The lowest BCUT2D eigenvalue weighted by molar-refractivity contribution is 0.410. The van der Waals surface area contributed by atoms with Gasteiger partial charge in [0.05, 0.1) is 0 Å². The molecule has 2 saturated carbocycles. The van der Waals surface area contributed by atoms with E-state index in [9.17, 15) is 13.2 Å². The zero-order valence-electron chi connectivity index (χ0n) is 10.1. The molecule has 1 aromatic rings. The quantitative estimate of drug-likeness (QED) is 0.795. The van der Waals surface area contributed by atoms with Crippen molar-refractivity contribution in [3.8, 4) is 0 Å². The standard InChI is InChI=1S/C14H16F3N/c15-11-5-8(6-12(16)13(11)17)7-18-14(9-1-2-9)10-3-4-10/h5-6,9-10,14,18H,1-4,7H2. The lowest BCUT2D eigenvalue weighted by atomic mass is 10.1. The lowest BCUT2D eigenvalue weighted by Crippen LogP contribution is -2.32. The van der Waals surface area contributed by atoms with Crippen LogP contribution in [0.5, 0.6) is 0 Å². The van der Waals surface area contributed by atoms with Gasteiger partial charge in [-0.1, -0.05) is 0 Å². The van der Waals surface area contributed by atoms with Crippen LogP contribution in [0.25, 0.3) is 0 Å². The summed E-state index contributed by atoms with van der Waals surface area (Å²) in [4.78, 5) is 0. The molecule has 0 atom stereocenters. The summed E-state index contributed by atoms with van der Waals surface area (Å²) in [5.41, 5.74) is 0.470. The molecule has 0 aromatic heterocycles. The van der Waals surface area contributed by atoms with Gasteiger partial charge in [0.1, 0.15) is 0 Å². The summed E-state index contributed by atoms with van der Waals surface area (Å²) in [6.45, 7) is 0.409. The van der Waals surface area contributed by atoms with E-state index < -0.39 is 17.5 Å². The van der Waals surface area contributed by atoms with E-state index in [0.29, 0.717) is 18.2 Å². The average molecular weight is 255 g/mol. The molecule has 0 unspecified atom stereocenters. The van der Waals surface area contributed by atoms with Crippen LogP contribution in [0.2, 0.25) is 0 Å². The number of benzene rings is 1. The van der Waals surface area contributed by atoms with Gasteiger partial charge < -0.3 is 5.32 Å². The molecular formula is C14H16F3N. The van der Waals surface area contributed by atoms with Gasteiger partial charge in [-0.15, -0.1) is 0 Å². The number of nitrogens with one attached hydrogen (secondary N) is 1. The number of rotatable bonds is 5. The molecule has 1 nitrogen and oxygen atoms in total. The molecule has 1 N–H and O–H groups in total. The Morgan fingerprint density at radius 1 is 1.00 bits per heavy atom. The van der Waals surface area contributed by atoms with Crippen molar-refractivity contribution in [2.75, 3.05) is 0 Å². The molecule has 98 valence electrons. The van der Waals surface area contributed by atoms with E-state index in [1.807, 2.05) is 0 Å². The SMILES string of the molecule is Fc1cc(CNC(C2CC2)C2CC2)cc(F)c1F. The molecule has 0 amide bonds. The molecule has 2 aliphatic rings. The highest BCUT2D eigenvalue weighted by molar-refractivity contribution is 5.19. The monoisotopic (exact) mass is 255 g/mol. The maximum atomic E-state index is 13.1. The van der Waals surface area contributed by atoms with E-state index >= 15 is 0 Å². The molecule has 0 spiro atoms. The Hall–Kier alpha value is -1.03. The summed E-state index contributed by atoms with van der Waals surface area (Å²) in [6, 6.07) is 2.62. The van der Waals surface area contributed by atoms with Crippen LogP contribution < -0.4 is 5.32 Å². The molecule has 0 radical (unpaired) electrons. The van der Waals surface area contributed by atoms with Crippen LogP contribution in [-0.4, -0.2) is 6.04 Å². The minimum absolute atomic E-state index is 0.409. The molecule has 18 heavy (non-hydrogen) atoms. The zero-order valence-corrected chi connectivity index (χ0v) is 10.1. The first kappa shape index (κ1) is 12.0. The summed E-state index contributed by atoms with van der Waals surface area (Å²) in [5.74, 6) is -2.15. The maximum Gasteiger partial charge on any atom is 0.194 e. The minimum Gasteiger partial charge on any atom is -0.309 e. The summed E-state index contributed by atoms with van der Waals surface area (Å²) < 4.78 is 38.9. The van der Waals surface area contributed by atoms with E-state index in [-0.39, 0.29) is 0 Å². The number of hydrogen-bond donors (Lipinski definition) is 1. The second kappa shape index (κ2) is 4.57. The zero-order chi connectivity index (χ0) is 12.7. The second-order valence-corrected chi connectivity index (χ2v) is 5.45. The third-order valence-corrected chi connectivity index (χ3v) is 3.85.